The lowest BCUT2D eigenvalue weighted by Crippen LogP contribution is -2.41. The molecule has 11 nitrogen and oxygen atoms in total. The highest BCUT2D eigenvalue weighted by Gasteiger charge is 2.18. The van der Waals surface area contributed by atoms with Crippen LogP contribution >= 0.6 is 0 Å². The van der Waals surface area contributed by atoms with Crippen molar-refractivity contribution in [2.75, 3.05) is 54.6 Å². The van der Waals surface area contributed by atoms with Crippen LogP contribution in [0.1, 0.15) is 6.92 Å². The number of ether oxygens (including phenoxy) is 1. The van der Waals surface area contributed by atoms with Gasteiger partial charge in [-0.25, -0.2) is 13.4 Å². The van der Waals surface area contributed by atoms with Gasteiger partial charge in [-0.1, -0.05) is 25.1 Å². The van der Waals surface area contributed by atoms with E-state index in [0.29, 0.717) is 59.6 Å². The molecule has 198 valence electrons. The average molecular weight is 536 g/mol. The van der Waals surface area contributed by atoms with E-state index in [9.17, 15) is 13.2 Å². The second-order valence-electron chi connectivity index (χ2n) is 8.80. The van der Waals surface area contributed by atoms with E-state index in [4.69, 9.17) is 4.74 Å². The first-order valence-electron chi connectivity index (χ1n) is 12.3. The minimum absolute atomic E-state index is 0.0144. The zero-order chi connectivity index (χ0) is 26.5. The molecule has 1 saturated heterocycles. The minimum Gasteiger partial charge on any atom is -0.379 e. The summed E-state index contributed by atoms with van der Waals surface area (Å²) in [5, 5.41) is 9.30. The van der Waals surface area contributed by atoms with E-state index >= 15 is 0 Å². The second-order valence-corrected chi connectivity index (χ2v) is 11.0. The van der Waals surface area contributed by atoms with Gasteiger partial charge in [-0.3, -0.25) is 9.69 Å². The molecule has 0 atom stereocenters. The molecule has 0 saturated carbocycles. The largest absolute Gasteiger partial charge is 0.379 e. The highest BCUT2D eigenvalue weighted by molar-refractivity contribution is 7.91. The lowest BCUT2D eigenvalue weighted by molar-refractivity contribution is -0.118. The summed E-state index contributed by atoms with van der Waals surface area (Å²) < 4.78 is 30.6. The first-order valence-corrected chi connectivity index (χ1v) is 14.0. The van der Waals surface area contributed by atoms with Crippen molar-refractivity contribution in [1.29, 1.82) is 0 Å². The molecule has 2 aromatic heterocycles. The Balaban J connectivity index is 1.36. The molecule has 0 bridgehead atoms. The number of rotatable bonds is 9. The molecule has 3 heterocycles. The van der Waals surface area contributed by atoms with Gasteiger partial charge < -0.3 is 25.7 Å². The van der Waals surface area contributed by atoms with Crippen LogP contribution in [0.4, 0.5) is 28.8 Å². The van der Waals surface area contributed by atoms with Crippen LogP contribution < -0.4 is 16.0 Å². The van der Waals surface area contributed by atoms with Crippen LogP contribution in [0.25, 0.3) is 11.0 Å². The average Bonchev–Trinajstić information content (AvgIpc) is 3.39. The van der Waals surface area contributed by atoms with Crippen LogP contribution in [0.5, 0.6) is 0 Å². The summed E-state index contributed by atoms with van der Waals surface area (Å²) in [6.45, 7) is 4.65. The molecule has 2 aromatic carbocycles. The standard InChI is InChI=1S/C26H29N7O4S/c1-2-38(35,36)22-9-4-3-8-20(22)30-25-24-21(10-11-27-24)31-26(32-25)29-19-7-5-6-18(16-19)28-23(34)17-33-12-14-37-15-13-33/h3-11,16,27H,2,12-15,17H2,1H3,(H,28,34)(H2,29,30,31,32). The number of para-hydroxylation sites is 1. The Morgan fingerprint density at radius 3 is 2.63 bits per heavy atom. The van der Waals surface area contributed by atoms with Crippen LogP contribution in [0, 0.1) is 0 Å². The SMILES string of the molecule is CCS(=O)(=O)c1ccccc1Nc1nc(Nc2cccc(NC(=O)CN3CCOCC3)c2)nc2cc[nH]c12. The summed E-state index contributed by atoms with van der Waals surface area (Å²) in [7, 11) is -3.45. The molecule has 5 rings (SSSR count). The maximum atomic E-state index is 12.6. The maximum absolute atomic E-state index is 12.6. The van der Waals surface area contributed by atoms with E-state index in [1.807, 2.05) is 24.3 Å². The number of sulfone groups is 1. The lowest BCUT2D eigenvalue weighted by atomic mass is 10.2. The van der Waals surface area contributed by atoms with E-state index in [0.717, 1.165) is 13.1 Å². The van der Waals surface area contributed by atoms with Gasteiger partial charge in [-0.2, -0.15) is 4.98 Å². The molecule has 0 spiro atoms. The van der Waals surface area contributed by atoms with Gasteiger partial charge in [0, 0.05) is 30.7 Å². The van der Waals surface area contributed by atoms with Crippen molar-refractivity contribution in [2.45, 2.75) is 11.8 Å². The molecule has 4 N–H and O–H groups in total. The molecule has 1 aliphatic rings. The number of hydrogen-bond acceptors (Lipinski definition) is 9. The summed E-state index contributed by atoms with van der Waals surface area (Å²) >= 11 is 0. The third-order valence-corrected chi connectivity index (χ3v) is 7.92. The highest BCUT2D eigenvalue weighted by Crippen LogP contribution is 2.29. The van der Waals surface area contributed by atoms with Crippen molar-refractivity contribution in [3.8, 4) is 0 Å². The first kappa shape index (κ1) is 25.6. The molecule has 0 radical (unpaired) electrons. The fraction of sp³-hybridized carbons (Fsp3) is 0.269. The predicted molar refractivity (Wildman–Crippen MR) is 147 cm³/mol. The Kier molecular flexibility index (Phi) is 7.54. The maximum Gasteiger partial charge on any atom is 0.238 e. The van der Waals surface area contributed by atoms with Crippen LogP contribution in [0.3, 0.4) is 0 Å². The van der Waals surface area contributed by atoms with Gasteiger partial charge in [-0.15, -0.1) is 0 Å². The number of aromatic amines is 1. The smallest absolute Gasteiger partial charge is 0.238 e. The number of amides is 1. The van der Waals surface area contributed by atoms with Crippen molar-refractivity contribution >= 4 is 55.6 Å². The fourth-order valence-electron chi connectivity index (χ4n) is 4.18. The minimum atomic E-state index is -3.45. The molecule has 0 aliphatic carbocycles. The second kappa shape index (κ2) is 11.2. The lowest BCUT2D eigenvalue weighted by Gasteiger charge is -2.25. The number of carbonyl (C=O) groups excluding carboxylic acids is 1. The molecule has 0 unspecified atom stereocenters. The number of hydrogen-bond donors (Lipinski definition) is 4. The Morgan fingerprint density at radius 2 is 1.82 bits per heavy atom. The number of morpholine rings is 1. The summed E-state index contributed by atoms with van der Waals surface area (Å²) in [6, 6.07) is 15.8. The van der Waals surface area contributed by atoms with Gasteiger partial charge in [0.1, 0.15) is 5.52 Å². The number of anilines is 5. The summed E-state index contributed by atoms with van der Waals surface area (Å²) in [4.78, 5) is 27.1. The van der Waals surface area contributed by atoms with Crippen LogP contribution in [0.2, 0.25) is 0 Å². The fourth-order valence-corrected chi connectivity index (χ4v) is 5.23. The zero-order valence-electron chi connectivity index (χ0n) is 20.9. The number of nitrogens with zero attached hydrogens (tertiary/aromatic N) is 3. The van der Waals surface area contributed by atoms with Crippen molar-refractivity contribution < 1.29 is 17.9 Å². The van der Waals surface area contributed by atoms with E-state index in [2.05, 4.69) is 35.8 Å². The third-order valence-electron chi connectivity index (χ3n) is 6.13. The Hall–Kier alpha value is -4.00. The van der Waals surface area contributed by atoms with Gasteiger partial charge in [-0.05, 0) is 36.4 Å². The van der Waals surface area contributed by atoms with Crippen molar-refractivity contribution in [2.24, 2.45) is 0 Å². The summed E-state index contributed by atoms with van der Waals surface area (Å²) in [6.07, 6.45) is 1.74. The van der Waals surface area contributed by atoms with E-state index in [1.165, 1.54) is 0 Å². The monoisotopic (exact) mass is 535 g/mol. The zero-order valence-corrected chi connectivity index (χ0v) is 21.7. The molecule has 38 heavy (non-hydrogen) atoms. The van der Waals surface area contributed by atoms with Gasteiger partial charge >= 0.3 is 0 Å². The molecular formula is C26H29N7O4S. The Morgan fingerprint density at radius 1 is 1.03 bits per heavy atom. The predicted octanol–water partition coefficient (Wildman–Crippen LogP) is 3.51. The van der Waals surface area contributed by atoms with Gasteiger partial charge in [0.05, 0.1) is 41.6 Å². The van der Waals surface area contributed by atoms with Crippen molar-refractivity contribution in [1.82, 2.24) is 19.9 Å². The van der Waals surface area contributed by atoms with Gasteiger partial charge in [0.25, 0.3) is 0 Å². The summed E-state index contributed by atoms with van der Waals surface area (Å²) in [5.74, 6) is 0.629. The first-order chi connectivity index (χ1) is 18.4. The van der Waals surface area contributed by atoms with E-state index in [-0.39, 0.29) is 16.6 Å². The number of H-pyrrole nitrogens is 1. The van der Waals surface area contributed by atoms with Crippen LogP contribution in [-0.4, -0.2) is 72.8 Å². The topological polar surface area (TPSA) is 141 Å². The molecule has 1 amide bonds. The number of benzene rings is 2. The molecule has 4 aromatic rings. The van der Waals surface area contributed by atoms with Crippen molar-refractivity contribution in [3.63, 3.8) is 0 Å². The quantitative estimate of drug-likeness (QED) is 0.253. The molecule has 12 heteroatoms. The Labute approximate surface area is 220 Å². The van der Waals surface area contributed by atoms with Crippen molar-refractivity contribution in [3.05, 3.63) is 60.8 Å². The normalized spacial score (nSPS) is 14.3. The Bertz CT molecular complexity index is 1550. The molecule has 1 aliphatic heterocycles. The number of nitrogens with one attached hydrogen (secondary N) is 4. The van der Waals surface area contributed by atoms with E-state index < -0.39 is 9.84 Å². The number of fused-ring (bicyclic) bond motifs is 1. The number of aromatic nitrogens is 3. The summed E-state index contributed by atoms with van der Waals surface area (Å²) in [5.41, 5.74) is 3.05. The molecule has 1 fully saturated rings. The number of carbonyl (C=O) groups is 1. The van der Waals surface area contributed by atoms with E-state index in [1.54, 1.807) is 43.5 Å². The van der Waals surface area contributed by atoms with Gasteiger partial charge in [0.15, 0.2) is 15.7 Å². The van der Waals surface area contributed by atoms with Crippen LogP contribution in [0.15, 0.2) is 65.7 Å². The van der Waals surface area contributed by atoms with Gasteiger partial charge in [0.2, 0.25) is 11.9 Å². The van der Waals surface area contributed by atoms with Crippen LogP contribution in [-0.2, 0) is 19.4 Å². The molecular weight excluding hydrogens is 506 g/mol. The third kappa shape index (κ3) is 5.93. The highest BCUT2D eigenvalue weighted by atomic mass is 32.2.